The van der Waals surface area contributed by atoms with Gasteiger partial charge in [0.05, 0.1) is 0 Å². The fourth-order valence-corrected chi connectivity index (χ4v) is 9.85. The second kappa shape index (κ2) is 11.5. The third-order valence-corrected chi connectivity index (χ3v) is 12.5. The van der Waals surface area contributed by atoms with Gasteiger partial charge in [-0.05, 0) is 100 Å². The van der Waals surface area contributed by atoms with Crippen LogP contribution < -0.4 is 4.90 Å². The first-order valence-electron chi connectivity index (χ1n) is 18.2. The Morgan fingerprint density at radius 1 is 0.434 bits per heavy atom. The van der Waals surface area contributed by atoms with Gasteiger partial charge in [-0.3, -0.25) is 0 Å². The van der Waals surface area contributed by atoms with Gasteiger partial charge < -0.3 is 9.32 Å². The highest BCUT2D eigenvalue weighted by Gasteiger charge is 2.40. The van der Waals surface area contributed by atoms with Crippen LogP contribution in [-0.2, 0) is 5.41 Å². The molecule has 2 heterocycles. The standard InChI is InChI=1S/C50H33NOS/c1-50(44-16-8-5-13-38(44)39-14-6-9-17-45(39)50)34-21-26-40-43-30-36(25-28-46(43)52-47(40)29-34)51(35-22-19-33(20-23-35)32-11-3-2-4-12-32)37-24-27-42-41-15-7-10-18-48(41)53-49(42)31-37/h2-31H,1H3. The molecule has 0 fully saturated rings. The smallest absolute Gasteiger partial charge is 0.135 e. The Bertz CT molecular complexity index is 2980. The van der Waals surface area contributed by atoms with Crippen molar-refractivity contribution < 1.29 is 4.42 Å². The summed E-state index contributed by atoms with van der Waals surface area (Å²) in [5.74, 6) is 0. The van der Waals surface area contributed by atoms with Crippen molar-refractivity contribution in [3.05, 3.63) is 199 Å². The van der Waals surface area contributed by atoms with E-state index >= 15 is 0 Å². The van der Waals surface area contributed by atoms with Crippen LogP contribution >= 0.6 is 11.3 Å². The molecule has 8 aromatic carbocycles. The summed E-state index contributed by atoms with van der Waals surface area (Å²) in [6, 6.07) is 66.2. The van der Waals surface area contributed by atoms with E-state index in [9.17, 15) is 0 Å². The maximum Gasteiger partial charge on any atom is 0.135 e. The zero-order chi connectivity index (χ0) is 35.1. The van der Waals surface area contributed by atoms with Crippen molar-refractivity contribution in [3.63, 3.8) is 0 Å². The fraction of sp³-hybridized carbons (Fsp3) is 0.0400. The van der Waals surface area contributed by atoms with Gasteiger partial charge in [0.15, 0.2) is 0 Å². The van der Waals surface area contributed by atoms with E-state index in [1.807, 2.05) is 11.3 Å². The van der Waals surface area contributed by atoms with Crippen molar-refractivity contribution >= 4 is 70.5 Å². The zero-order valence-corrected chi connectivity index (χ0v) is 29.9. The summed E-state index contributed by atoms with van der Waals surface area (Å²) in [6.45, 7) is 2.36. The van der Waals surface area contributed by atoms with Gasteiger partial charge >= 0.3 is 0 Å². The number of fused-ring (bicyclic) bond motifs is 9. The number of nitrogens with zero attached hydrogens (tertiary/aromatic N) is 1. The summed E-state index contributed by atoms with van der Waals surface area (Å²) in [5, 5.41) is 4.83. The van der Waals surface area contributed by atoms with E-state index in [0.717, 1.165) is 39.0 Å². The average molecular weight is 696 g/mol. The molecule has 3 heteroatoms. The van der Waals surface area contributed by atoms with Crippen molar-refractivity contribution in [2.45, 2.75) is 12.3 Å². The molecule has 2 nitrogen and oxygen atoms in total. The third kappa shape index (κ3) is 4.57. The normalized spacial score (nSPS) is 13.2. The Kier molecular flexibility index (Phi) is 6.58. The summed E-state index contributed by atoms with van der Waals surface area (Å²) in [5.41, 5.74) is 13.8. The lowest BCUT2D eigenvalue weighted by Crippen LogP contribution is -2.22. The first kappa shape index (κ1) is 30.2. The minimum absolute atomic E-state index is 0.278. The second-order valence-electron chi connectivity index (χ2n) is 14.2. The Morgan fingerprint density at radius 3 is 1.83 bits per heavy atom. The molecule has 1 aliphatic carbocycles. The minimum atomic E-state index is -0.278. The van der Waals surface area contributed by atoms with Crippen LogP contribution in [0.3, 0.4) is 0 Å². The fourth-order valence-electron chi connectivity index (χ4n) is 8.71. The molecule has 1 aliphatic rings. The number of benzene rings is 8. The van der Waals surface area contributed by atoms with E-state index in [2.05, 4.69) is 194 Å². The predicted octanol–water partition coefficient (Wildman–Crippen LogP) is 14.4. The number of anilines is 3. The number of thiophene rings is 1. The molecule has 0 radical (unpaired) electrons. The van der Waals surface area contributed by atoms with Crippen LogP contribution in [0.25, 0.3) is 64.4 Å². The van der Waals surface area contributed by atoms with Crippen molar-refractivity contribution in [1.82, 2.24) is 0 Å². The van der Waals surface area contributed by atoms with Crippen molar-refractivity contribution in [2.75, 3.05) is 4.90 Å². The van der Waals surface area contributed by atoms with Crippen LogP contribution in [0.15, 0.2) is 186 Å². The van der Waals surface area contributed by atoms with Gasteiger partial charge in [-0.1, -0.05) is 127 Å². The molecule has 53 heavy (non-hydrogen) atoms. The molecule has 0 N–H and O–H groups in total. The Morgan fingerprint density at radius 2 is 1.04 bits per heavy atom. The predicted molar refractivity (Wildman–Crippen MR) is 224 cm³/mol. The number of furan rings is 1. The molecule has 0 spiro atoms. The summed E-state index contributed by atoms with van der Waals surface area (Å²) in [6.07, 6.45) is 0. The summed E-state index contributed by atoms with van der Waals surface area (Å²) in [7, 11) is 0. The lowest BCUT2D eigenvalue weighted by molar-refractivity contribution is 0.662. The van der Waals surface area contributed by atoms with Gasteiger partial charge in [-0.2, -0.15) is 0 Å². The van der Waals surface area contributed by atoms with Crippen LogP contribution in [0.4, 0.5) is 17.1 Å². The van der Waals surface area contributed by atoms with Gasteiger partial charge in [-0.15, -0.1) is 11.3 Å². The van der Waals surface area contributed by atoms with Crippen molar-refractivity contribution in [2.24, 2.45) is 0 Å². The van der Waals surface area contributed by atoms with Gasteiger partial charge in [0, 0.05) is 53.4 Å². The Balaban J connectivity index is 1.06. The van der Waals surface area contributed by atoms with Gasteiger partial charge in [0.25, 0.3) is 0 Å². The topological polar surface area (TPSA) is 16.4 Å². The lowest BCUT2D eigenvalue weighted by Gasteiger charge is -2.28. The molecular formula is C50H33NOS. The van der Waals surface area contributed by atoms with Gasteiger partial charge in [-0.25, -0.2) is 0 Å². The maximum absolute atomic E-state index is 6.66. The molecule has 0 amide bonds. The minimum Gasteiger partial charge on any atom is -0.456 e. The Hall–Kier alpha value is -6.42. The molecule has 0 bridgehead atoms. The van der Waals surface area contributed by atoms with Crippen LogP contribution in [-0.4, -0.2) is 0 Å². The molecule has 0 saturated carbocycles. The quantitative estimate of drug-likeness (QED) is 0.178. The zero-order valence-electron chi connectivity index (χ0n) is 29.1. The molecule has 10 aromatic rings. The molecular weight excluding hydrogens is 663 g/mol. The van der Waals surface area contributed by atoms with E-state index < -0.39 is 0 Å². The van der Waals surface area contributed by atoms with Crippen LogP contribution in [0.5, 0.6) is 0 Å². The molecule has 0 atom stereocenters. The van der Waals surface area contributed by atoms with Crippen molar-refractivity contribution in [1.29, 1.82) is 0 Å². The third-order valence-electron chi connectivity index (χ3n) is 11.4. The highest BCUT2D eigenvalue weighted by Crippen LogP contribution is 2.53. The van der Waals surface area contributed by atoms with Crippen LogP contribution in [0.1, 0.15) is 23.6 Å². The average Bonchev–Trinajstić information content (AvgIpc) is 3.86. The monoisotopic (exact) mass is 695 g/mol. The first-order chi connectivity index (χ1) is 26.1. The molecule has 2 aromatic heterocycles. The van der Waals surface area contributed by atoms with Crippen LogP contribution in [0.2, 0.25) is 0 Å². The summed E-state index contributed by atoms with van der Waals surface area (Å²) in [4.78, 5) is 2.37. The molecule has 0 aliphatic heterocycles. The van der Waals surface area contributed by atoms with Gasteiger partial charge in [0.1, 0.15) is 11.2 Å². The highest BCUT2D eigenvalue weighted by atomic mass is 32.1. The van der Waals surface area contributed by atoms with E-state index in [4.69, 9.17) is 4.42 Å². The van der Waals surface area contributed by atoms with E-state index in [-0.39, 0.29) is 5.41 Å². The number of hydrogen-bond donors (Lipinski definition) is 0. The summed E-state index contributed by atoms with van der Waals surface area (Å²) < 4.78 is 9.25. The van der Waals surface area contributed by atoms with E-state index in [0.29, 0.717) is 0 Å². The largest absolute Gasteiger partial charge is 0.456 e. The SMILES string of the molecule is CC1(c2ccc3c(c2)oc2ccc(N(c4ccc(-c5ccccc5)cc4)c4ccc5c(c4)sc4ccccc45)cc23)c2ccccc2-c2ccccc21. The Labute approximate surface area is 311 Å². The highest BCUT2D eigenvalue weighted by molar-refractivity contribution is 7.25. The van der Waals surface area contributed by atoms with Gasteiger partial charge in [0.2, 0.25) is 0 Å². The van der Waals surface area contributed by atoms with Crippen molar-refractivity contribution in [3.8, 4) is 22.3 Å². The number of rotatable bonds is 5. The van der Waals surface area contributed by atoms with Crippen LogP contribution in [0, 0.1) is 0 Å². The van der Waals surface area contributed by atoms with E-state index in [1.54, 1.807) is 0 Å². The molecule has 0 unspecified atom stereocenters. The maximum atomic E-state index is 6.66. The second-order valence-corrected chi connectivity index (χ2v) is 15.3. The molecule has 11 rings (SSSR count). The van der Waals surface area contributed by atoms with E-state index in [1.165, 1.54) is 59.1 Å². The molecule has 250 valence electrons. The lowest BCUT2D eigenvalue weighted by atomic mass is 9.74. The molecule has 0 saturated heterocycles. The summed E-state index contributed by atoms with van der Waals surface area (Å²) >= 11 is 1.85. The number of hydrogen-bond acceptors (Lipinski definition) is 3. The first-order valence-corrected chi connectivity index (χ1v) is 19.0.